The van der Waals surface area contributed by atoms with Crippen molar-refractivity contribution in [2.45, 2.75) is 45.4 Å². The summed E-state index contributed by atoms with van der Waals surface area (Å²) in [5.41, 5.74) is 2.91. The number of carbonyl (C=O) groups excluding carboxylic acids is 3. The molecule has 0 aliphatic carbocycles. The summed E-state index contributed by atoms with van der Waals surface area (Å²) in [6.07, 6.45) is 0.963. The summed E-state index contributed by atoms with van der Waals surface area (Å²) in [7, 11) is 0. The van der Waals surface area contributed by atoms with E-state index in [1.165, 1.54) is 28.1 Å². The molecule has 9 heteroatoms. The third-order valence-electron chi connectivity index (χ3n) is 7.33. The summed E-state index contributed by atoms with van der Waals surface area (Å²) in [5, 5.41) is 15.0. The lowest BCUT2D eigenvalue weighted by Gasteiger charge is -2.40. The van der Waals surface area contributed by atoms with Crippen LogP contribution in [0.3, 0.4) is 0 Å². The van der Waals surface area contributed by atoms with Crippen LogP contribution in [0.15, 0.2) is 91.1 Å². The van der Waals surface area contributed by atoms with Gasteiger partial charge in [0.25, 0.3) is 5.91 Å². The molecule has 2 heterocycles. The van der Waals surface area contributed by atoms with E-state index < -0.39 is 24.1 Å². The highest BCUT2D eigenvalue weighted by Gasteiger charge is 2.40. The van der Waals surface area contributed by atoms with Crippen molar-refractivity contribution >= 4 is 45.0 Å². The summed E-state index contributed by atoms with van der Waals surface area (Å²) >= 11 is 1.39. The largest absolute Gasteiger partial charge is 0.384 e. The molecule has 5 rings (SSSR count). The molecule has 0 radical (unpaired) electrons. The average molecular weight is 583 g/mol. The lowest BCUT2D eigenvalue weighted by atomic mass is 9.97. The van der Waals surface area contributed by atoms with Crippen LogP contribution in [0.5, 0.6) is 0 Å². The van der Waals surface area contributed by atoms with Crippen LogP contribution in [-0.4, -0.2) is 56.2 Å². The standard InChI is InChI=1S/C33H34N4O4S/c1-21(2)30-33(41)37(27(19-36(30)22(3)38)24-14-8-5-9-15-24)20-29(39)34-26(18-23-12-6-4-7-13-23)31(40)32-35-25-16-10-11-17-28(25)42-32/h4-17,19,21,26,30-31,40H,18,20H2,1-3H3,(H,34,39). The number of amides is 3. The number of carbonyl (C=O) groups is 3. The normalized spacial score (nSPS) is 16.8. The van der Waals surface area contributed by atoms with Crippen molar-refractivity contribution in [3.63, 3.8) is 0 Å². The van der Waals surface area contributed by atoms with Gasteiger partial charge in [0.2, 0.25) is 11.8 Å². The Kier molecular flexibility index (Phi) is 8.80. The number of thiazole rings is 1. The molecular weight excluding hydrogens is 548 g/mol. The maximum atomic E-state index is 13.9. The van der Waals surface area contributed by atoms with E-state index in [2.05, 4.69) is 10.3 Å². The Balaban J connectivity index is 1.45. The third kappa shape index (κ3) is 6.27. The minimum Gasteiger partial charge on any atom is -0.384 e. The number of benzene rings is 3. The van der Waals surface area contributed by atoms with Gasteiger partial charge in [0.1, 0.15) is 23.7 Å². The lowest BCUT2D eigenvalue weighted by Crippen LogP contribution is -2.56. The minimum atomic E-state index is -1.07. The topological polar surface area (TPSA) is 103 Å². The molecule has 0 fully saturated rings. The van der Waals surface area contributed by atoms with Crippen molar-refractivity contribution in [3.8, 4) is 0 Å². The number of aliphatic hydroxyl groups excluding tert-OH is 1. The maximum Gasteiger partial charge on any atom is 0.250 e. The molecule has 0 bridgehead atoms. The Bertz CT molecular complexity index is 1570. The van der Waals surface area contributed by atoms with Crippen molar-refractivity contribution in [2.75, 3.05) is 6.54 Å². The highest BCUT2D eigenvalue weighted by atomic mass is 32.1. The summed E-state index contributed by atoms with van der Waals surface area (Å²) < 4.78 is 0.947. The molecule has 3 atom stereocenters. The molecule has 1 aliphatic rings. The van der Waals surface area contributed by atoms with Gasteiger partial charge >= 0.3 is 0 Å². The Labute approximate surface area is 249 Å². The molecule has 3 amide bonds. The first-order chi connectivity index (χ1) is 20.2. The van der Waals surface area contributed by atoms with E-state index in [0.717, 1.165) is 15.8 Å². The number of hydrogen-bond donors (Lipinski definition) is 2. The summed E-state index contributed by atoms with van der Waals surface area (Å²) in [6, 6.07) is 25.1. The molecule has 1 aliphatic heterocycles. The van der Waals surface area contributed by atoms with Crippen LogP contribution in [0, 0.1) is 5.92 Å². The minimum absolute atomic E-state index is 0.174. The molecule has 3 aromatic carbocycles. The summed E-state index contributed by atoms with van der Waals surface area (Å²) in [6.45, 7) is 4.92. The van der Waals surface area contributed by atoms with Crippen LogP contribution >= 0.6 is 11.3 Å². The Morgan fingerprint density at radius 2 is 1.62 bits per heavy atom. The number of para-hydroxylation sites is 1. The summed E-state index contributed by atoms with van der Waals surface area (Å²) in [4.78, 5) is 47.7. The number of aliphatic hydroxyl groups is 1. The molecule has 0 saturated carbocycles. The van der Waals surface area contributed by atoms with Gasteiger partial charge in [0, 0.05) is 13.1 Å². The van der Waals surface area contributed by atoms with E-state index in [1.54, 1.807) is 6.20 Å². The molecule has 0 saturated heterocycles. The highest BCUT2D eigenvalue weighted by Crippen LogP contribution is 2.31. The molecular formula is C33H34N4O4S. The molecule has 42 heavy (non-hydrogen) atoms. The number of aromatic nitrogens is 1. The molecule has 4 aromatic rings. The van der Waals surface area contributed by atoms with Gasteiger partial charge in [-0.05, 0) is 35.6 Å². The van der Waals surface area contributed by atoms with Crippen LogP contribution in [0.1, 0.15) is 43.0 Å². The SMILES string of the molecule is CC(=O)N1C=C(c2ccccc2)N(CC(=O)NC(Cc2ccccc2)C(O)c2nc3ccccc3s2)C(=O)C1C(C)C. The highest BCUT2D eigenvalue weighted by molar-refractivity contribution is 7.18. The van der Waals surface area contributed by atoms with E-state index in [0.29, 0.717) is 22.7 Å². The van der Waals surface area contributed by atoms with Crippen molar-refractivity contribution < 1.29 is 19.5 Å². The average Bonchev–Trinajstić information content (AvgIpc) is 3.42. The van der Waals surface area contributed by atoms with Crippen LogP contribution in [-0.2, 0) is 20.8 Å². The van der Waals surface area contributed by atoms with Gasteiger partial charge in [0.05, 0.1) is 22.0 Å². The van der Waals surface area contributed by atoms with E-state index in [9.17, 15) is 19.5 Å². The van der Waals surface area contributed by atoms with Gasteiger partial charge in [-0.25, -0.2) is 4.98 Å². The number of fused-ring (bicyclic) bond motifs is 1. The van der Waals surface area contributed by atoms with Crippen LogP contribution < -0.4 is 5.32 Å². The maximum absolute atomic E-state index is 13.9. The van der Waals surface area contributed by atoms with Gasteiger partial charge in [-0.3, -0.25) is 19.3 Å². The summed E-state index contributed by atoms with van der Waals surface area (Å²) in [5.74, 6) is -1.18. The number of nitrogens with zero attached hydrogens (tertiary/aromatic N) is 3. The second kappa shape index (κ2) is 12.7. The molecule has 0 spiro atoms. The predicted molar refractivity (Wildman–Crippen MR) is 164 cm³/mol. The predicted octanol–water partition coefficient (Wildman–Crippen LogP) is 4.77. The first-order valence-electron chi connectivity index (χ1n) is 14.0. The molecule has 3 unspecified atom stereocenters. The monoisotopic (exact) mass is 582 g/mol. The fourth-order valence-electron chi connectivity index (χ4n) is 5.27. The molecule has 2 N–H and O–H groups in total. The zero-order chi connectivity index (χ0) is 29.8. The lowest BCUT2D eigenvalue weighted by molar-refractivity contribution is -0.144. The smallest absolute Gasteiger partial charge is 0.250 e. The van der Waals surface area contributed by atoms with E-state index >= 15 is 0 Å². The van der Waals surface area contributed by atoms with E-state index in [1.807, 2.05) is 98.8 Å². The van der Waals surface area contributed by atoms with E-state index in [-0.39, 0.29) is 24.3 Å². The zero-order valence-corrected chi connectivity index (χ0v) is 24.6. The van der Waals surface area contributed by atoms with Gasteiger partial charge in [-0.15, -0.1) is 11.3 Å². The number of hydrogen-bond acceptors (Lipinski definition) is 6. The van der Waals surface area contributed by atoms with Crippen LogP contribution in [0.25, 0.3) is 15.9 Å². The first-order valence-corrected chi connectivity index (χ1v) is 14.8. The van der Waals surface area contributed by atoms with E-state index in [4.69, 9.17) is 0 Å². The number of rotatable bonds is 9. The Hall–Kier alpha value is -4.34. The number of nitrogens with one attached hydrogen (secondary N) is 1. The second-order valence-corrected chi connectivity index (χ2v) is 11.8. The first kappa shape index (κ1) is 29.2. The van der Waals surface area contributed by atoms with Gasteiger partial charge in [-0.2, -0.15) is 0 Å². The molecule has 216 valence electrons. The van der Waals surface area contributed by atoms with Crippen molar-refractivity contribution in [1.29, 1.82) is 0 Å². The molecule has 8 nitrogen and oxygen atoms in total. The van der Waals surface area contributed by atoms with Crippen molar-refractivity contribution in [3.05, 3.63) is 107 Å². The molecule has 1 aromatic heterocycles. The second-order valence-electron chi connectivity index (χ2n) is 10.7. The Morgan fingerprint density at radius 1 is 0.976 bits per heavy atom. The fraction of sp³-hybridized carbons (Fsp3) is 0.273. The van der Waals surface area contributed by atoms with Crippen LogP contribution in [0.2, 0.25) is 0 Å². The van der Waals surface area contributed by atoms with Gasteiger partial charge in [0.15, 0.2) is 0 Å². The van der Waals surface area contributed by atoms with Crippen molar-refractivity contribution in [2.24, 2.45) is 5.92 Å². The van der Waals surface area contributed by atoms with Crippen molar-refractivity contribution in [1.82, 2.24) is 20.1 Å². The van der Waals surface area contributed by atoms with Crippen LogP contribution in [0.4, 0.5) is 0 Å². The fourth-order valence-corrected chi connectivity index (χ4v) is 6.29. The van der Waals surface area contributed by atoms with Gasteiger partial charge < -0.3 is 15.3 Å². The Morgan fingerprint density at radius 3 is 2.26 bits per heavy atom. The zero-order valence-electron chi connectivity index (χ0n) is 23.8. The quantitative estimate of drug-likeness (QED) is 0.296. The third-order valence-corrected chi connectivity index (χ3v) is 8.43. The van der Waals surface area contributed by atoms with Gasteiger partial charge in [-0.1, -0.05) is 86.6 Å².